The summed E-state index contributed by atoms with van der Waals surface area (Å²) >= 11 is 0. The van der Waals surface area contributed by atoms with Gasteiger partial charge in [0.2, 0.25) is 0 Å². The zero-order chi connectivity index (χ0) is 23.3. The highest BCUT2D eigenvalue weighted by Crippen LogP contribution is 2.43. The van der Waals surface area contributed by atoms with Crippen LogP contribution in [-0.2, 0) is 0 Å². The molecule has 0 atom stereocenters. The Kier molecular flexibility index (Phi) is 3.61. The summed E-state index contributed by atoms with van der Waals surface area (Å²) < 4.78 is 4.57. The van der Waals surface area contributed by atoms with Crippen LogP contribution >= 0.6 is 0 Å². The summed E-state index contributed by atoms with van der Waals surface area (Å²) in [6, 6.07) is 35.5. The largest absolute Gasteiger partial charge is 0.490 e. The fourth-order valence-electron chi connectivity index (χ4n) is 6.16. The normalized spacial score (nSPS) is 12.3. The highest BCUT2D eigenvalue weighted by atomic mass is 16.4. The molecule has 164 valence electrons. The number of fused-ring (bicyclic) bond motifs is 5. The van der Waals surface area contributed by atoms with E-state index in [1.165, 1.54) is 43.4 Å². The van der Waals surface area contributed by atoms with Gasteiger partial charge >= 0.3 is 7.12 Å². The van der Waals surface area contributed by atoms with E-state index in [0.29, 0.717) is 5.46 Å². The van der Waals surface area contributed by atoms with Crippen LogP contribution in [-0.4, -0.2) is 26.1 Å². The van der Waals surface area contributed by atoms with Crippen molar-refractivity contribution in [2.45, 2.75) is 0 Å². The van der Waals surface area contributed by atoms with E-state index in [4.69, 9.17) is 0 Å². The minimum atomic E-state index is -1.56. The number of benzene rings is 5. The monoisotopic (exact) mass is 450 g/mol. The van der Waals surface area contributed by atoms with Crippen molar-refractivity contribution < 1.29 is 10.0 Å². The molecule has 35 heavy (non-hydrogen) atoms. The van der Waals surface area contributed by atoms with Crippen molar-refractivity contribution in [1.29, 1.82) is 0 Å². The van der Waals surface area contributed by atoms with Gasteiger partial charge in [0.1, 0.15) is 0 Å². The highest BCUT2D eigenvalue weighted by molar-refractivity contribution is 6.60. The van der Waals surface area contributed by atoms with E-state index < -0.39 is 7.12 Å². The van der Waals surface area contributed by atoms with Gasteiger partial charge in [-0.15, -0.1) is 0 Å². The quantitative estimate of drug-likeness (QED) is 0.336. The number of hydrogen-bond donors (Lipinski definition) is 2. The molecule has 5 aromatic carbocycles. The molecule has 0 radical (unpaired) electrons. The number of aromatic nitrogens is 2. The number of nitrogens with zero attached hydrogens (tertiary/aromatic N) is 2. The molecule has 0 aliphatic rings. The second-order valence-electron chi connectivity index (χ2n) is 9.19. The van der Waals surface area contributed by atoms with Gasteiger partial charge in [0.25, 0.3) is 0 Å². The Hall–Kier alpha value is -4.32. The van der Waals surface area contributed by atoms with Gasteiger partial charge < -0.3 is 19.0 Å². The molecule has 0 amide bonds. The average Bonchev–Trinajstić information content (AvgIpc) is 3.37. The second kappa shape index (κ2) is 6.63. The first-order valence-corrected chi connectivity index (χ1v) is 11.8. The third-order valence-corrected chi connectivity index (χ3v) is 7.48. The molecule has 0 bridgehead atoms. The van der Waals surface area contributed by atoms with E-state index in [1.54, 1.807) is 6.07 Å². The van der Waals surface area contributed by atoms with Crippen LogP contribution in [0.5, 0.6) is 0 Å². The predicted octanol–water partition coefficient (Wildman–Crippen LogP) is 5.61. The van der Waals surface area contributed by atoms with Gasteiger partial charge in [0.15, 0.2) is 0 Å². The maximum Gasteiger partial charge on any atom is 0.490 e. The average molecular weight is 450 g/mol. The SMILES string of the molecule is OB(O)c1ccccc1-n1c2cccc3c4cccc5c6ccccc6n(c6cccc1c6c32)c45. The van der Waals surface area contributed by atoms with E-state index >= 15 is 0 Å². The molecule has 0 saturated heterocycles. The van der Waals surface area contributed by atoms with Gasteiger partial charge in [-0.1, -0.05) is 72.8 Å². The molecule has 8 rings (SSSR count). The Morgan fingerprint density at radius 1 is 0.486 bits per heavy atom. The Balaban J connectivity index is 1.74. The topological polar surface area (TPSA) is 49.8 Å². The molecule has 0 spiro atoms. The van der Waals surface area contributed by atoms with Crippen molar-refractivity contribution in [1.82, 2.24) is 8.97 Å². The summed E-state index contributed by atoms with van der Waals surface area (Å²) in [6.07, 6.45) is 0. The molecule has 0 saturated carbocycles. The van der Waals surface area contributed by atoms with Gasteiger partial charge in [0.05, 0.1) is 27.6 Å². The molecular weight excluding hydrogens is 431 g/mol. The Bertz CT molecular complexity index is 2100. The molecule has 4 nitrogen and oxygen atoms in total. The third kappa shape index (κ3) is 2.29. The Morgan fingerprint density at radius 3 is 1.91 bits per heavy atom. The zero-order valence-electron chi connectivity index (χ0n) is 18.7. The molecule has 3 aromatic heterocycles. The van der Waals surface area contributed by atoms with Gasteiger partial charge in [-0.05, 0) is 35.7 Å². The summed E-state index contributed by atoms with van der Waals surface area (Å²) in [5.74, 6) is 0. The summed E-state index contributed by atoms with van der Waals surface area (Å²) in [5.41, 5.74) is 6.88. The lowest BCUT2D eigenvalue weighted by molar-refractivity contribution is 0.425. The van der Waals surface area contributed by atoms with Gasteiger partial charge in [-0.2, -0.15) is 0 Å². The maximum atomic E-state index is 10.2. The summed E-state index contributed by atoms with van der Waals surface area (Å²) in [4.78, 5) is 0. The lowest BCUT2D eigenvalue weighted by atomic mass is 9.79. The standard InChI is InChI=1S/C30H19BN2O2/c34-31(35)22-12-2-4-14-24(22)32-25-15-6-9-19-21-11-5-10-20-18-8-1-3-13-23(18)33(30(20)21)27-17-7-16-26(32)29(27)28(19)25/h1-17,34-35H. The van der Waals surface area contributed by atoms with Crippen LogP contribution in [0.15, 0.2) is 103 Å². The fraction of sp³-hybridized carbons (Fsp3) is 0. The first-order valence-electron chi connectivity index (χ1n) is 11.8. The van der Waals surface area contributed by atoms with Gasteiger partial charge in [-0.25, -0.2) is 0 Å². The minimum Gasteiger partial charge on any atom is -0.423 e. The van der Waals surface area contributed by atoms with Crippen molar-refractivity contribution >= 4 is 72.5 Å². The van der Waals surface area contributed by atoms with Gasteiger partial charge in [-0.3, -0.25) is 0 Å². The predicted molar refractivity (Wildman–Crippen MR) is 145 cm³/mol. The number of hydrogen-bond acceptors (Lipinski definition) is 2. The van der Waals surface area contributed by atoms with Crippen LogP contribution in [0.2, 0.25) is 0 Å². The fourth-order valence-corrected chi connectivity index (χ4v) is 6.16. The molecule has 0 fully saturated rings. The van der Waals surface area contributed by atoms with Gasteiger partial charge in [0, 0.05) is 38.1 Å². The second-order valence-corrected chi connectivity index (χ2v) is 9.19. The molecule has 5 heteroatoms. The molecule has 3 heterocycles. The van der Waals surface area contributed by atoms with E-state index in [2.05, 4.69) is 87.8 Å². The zero-order valence-corrected chi connectivity index (χ0v) is 18.7. The lowest BCUT2D eigenvalue weighted by Crippen LogP contribution is -2.33. The first kappa shape index (κ1) is 19.0. The lowest BCUT2D eigenvalue weighted by Gasteiger charge is -2.13. The summed E-state index contributed by atoms with van der Waals surface area (Å²) in [5, 5.41) is 27.6. The van der Waals surface area contributed by atoms with Crippen LogP contribution in [0.25, 0.3) is 65.6 Å². The maximum absolute atomic E-state index is 10.2. The van der Waals surface area contributed by atoms with Crippen molar-refractivity contribution in [2.24, 2.45) is 0 Å². The molecule has 0 aliphatic carbocycles. The summed E-state index contributed by atoms with van der Waals surface area (Å²) in [6.45, 7) is 0. The van der Waals surface area contributed by atoms with E-state index in [-0.39, 0.29) is 0 Å². The van der Waals surface area contributed by atoms with Crippen molar-refractivity contribution in [3.63, 3.8) is 0 Å². The molecule has 8 aromatic rings. The van der Waals surface area contributed by atoms with Crippen molar-refractivity contribution in [2.75, 3.05) is 0 Å². The first-order chi connectivity index (χ1) is 17.2. The van der Waals surface area contributed by atoms with Crippen LogP contribution in [0.1, 0.15) is 0 Å². The Morgan fingerprint density at radius 2 is 1.06 bits per heavy atom. The smallest absolute Gasteiger partial charge is 0.423 e. The number of para-hydroxylation sites is 3. The van der Waals surface area contributed by atoms with E-state index in [0.717, 1.165) is 22.2 Å². The molecule has 0 aliphatic heterocycles. The van der Waals surface area contributed by atoms with Crippen LogP contribution in [0.3, 0.4) is 0 Å². The minimum absolute atomic E-state index is 0.480. The molecule has 0 unspecified atom stereocenters. The van der Waals surface area contributed by atoms with Crippen LogP contribution in [0, 0.1) is 0 Å². The third-order valence-electron chi connectivity index (χ3n) is 7.48. The highest BCUT2D eigenvalue weighted by Gasteiger charge is 2.24. The van der Waals surface area contributed by atoms with Crippen molar-refractivity contribution in [3.8, 4) is 5.69 Å². The van der Waals surface area contributed by atoms with Crippen molar-refractivity contribution in [3.05, 3.63) is 103 Å². The summed E-state index contributed by atoms with van der Waals surface area (Å²) in [7, 11) is -1.56. The molecule has 2 N–H and O–H groups in total. The van der Waals surface area contributed by atoms with Crippen LogP contribution in [0.4, 0.5) is 0 Å². The van der Waals surface area contributed by atoms with Crippen LogP contribution < -0.4 is 5.46 Å². The Labute approximate surface area is 200 Å². The van der Waals surface area contributed by atoms with E-state index in [1.807, 2.05) is 18.2 Å². The molecular formula is C30H19BN2O2. The number of rotatable bonds is 2. The van der Waals surface area contributed by atoms with E-state index in [9.17, 15) is 10.0 Å².